The Labute approximate surface area is 157 Å². The van der Waals surface area contributed by atoms with Gasteiger partial charge < -0.3 is 29.2 Å². The zero-order chi connectivity index (χ0) is 19.8. The molecule has 0 unspecified atom stereocenters. The quantitative estimate of drug-likeness (QED) is 0.401. The molecule has 4 aliphatic rings. The Morgan fingerprint density at radius 3 is 2.52 bits per heavy atom. The van der Waals surface area contributed by atoms with Gasteiger partial charge in [-0.1, -0.05) is 13.0 Å². The van der Waals surface area contributed by atoms with Crippen molar-refractivity contribution in [2.24, 2.45) is 10.8 Å². The SMILES string of the molecule is CC(=O)OC[C@@]12[C@H](C=C(C)[C@@H](O)[C@H]1O)O[C@@H]1[C@H](OC(C)=O)C[C@@]2(C)[C@]12CO2. The van der Waals surface area contributed by atoms with Crippen molar-refractivity contribution in [1.82, 2.24) is 0 Å². The fourth-order valence-electron chi connectivity index (χ4n) is 5.65. The summed E-state index contributed by atoms with van der Waals surface area (Å²) in [5.41, 5.74) is -2.02. The molecule has 0 aromatic rings. The van der Waals surface area contributed by atoms with Gasteiger partial charge in [-0.2, -0.15) is 0 Å². The smallest absolute Gasteiger partial charge is 0.302 e. The molecule has 2 saturated heterocycles. The van der Waals surface area contributed by atoms with E-state index in [-0.39, 0.29) is 6.61 Å². The van der Waals surface area contributed by atoms with Gasteiger partial charge in [-0.15, -0.1) is 0 Å². The van der Waals surface area contributed by atoms with Crippen LogP contribution in [0.15, 0.2) is 11.6 Å². The topological polar surface area (TPSA) is 115 Å². The largest absolute Gasteiger partial charge is 0.465 e. The fraction of sp³-hybridized carbons (Fsp3) is 0.789. The molecule has 150 valence electrons. The third-order valence-electron chi connectivity index (χ3n) is 7.16. The number of hydrogen-bond donors (Lipinski definition) is 2. The van der Waals surface area contributed by atoms with Crippen LogP contribution in [-0.2, 0) is 28.5 Å². The third kappa shape index (κ3) is 2.24. The van der Waals surface area contributed by atoms with Crippen molar-refractivity contribution in [2.75, 3.05) is 13.2 Å². The predicted octanol–water partition coefficient (Wildman–Crippen LogP) is 0.0957. The highest BCUT2D eigenvalue weighted by atomic mass is 16.7. The second-order valence-electron chi connectivity index (χ2n) is 8.46. The van der Waals surface area contributed by atoms with Crippen LogP contribution >= 0.6 is 0 Å². The Hall–Kier alpha value is -1.48. The molecule has 2 N–H and O–H groups in total. The van der Waals surface area contributed by atoms with E-state index in [1.165, 1.54) is 13.8 Å². The van der Waals surface area contributed by atoms with Crippen LogP contribution in [0.4, 0.5) is 0 Å². The van der Waals surface area contributed by atoms with E-state index >= 15 is 0 Å². The highest BCUT2D eigenvalue weighted by Gasteiger charge is 2.84. The maximum Gasteiger partial charge on any atom is 0.302 e. The van der Waals surface area contributed by atoms with Crippen molar-refractivity contribution in [1.29, 1.82) is 0 Å². The summed E-state index contributed by atoms with van der Waals surface area (Å²) in [6.07, 6.45) is -1.81. The number of esters is 2. The maximum atomic E-state index is 11.6. The fourth-order valence-corrected chi connectivity index (χ4v) is 5.65. The normalized spacial score (nSPS) is 50.0. The highest BCUT2D eigenvalue weighted by Crippen LogP contribution is 2.71. The van der Waals surface area contributed by atoms with Crippen molar-refractivity contribution in [3.05, 3.63) is 11.6 Å². The summed E-state index contributed by atoms with van der Waals surface area (Å²) in [7, 11) is 0. The van der Waals surface area contributed by atoms with Crippen molar-refractivity contribution in [3.63, 3.8) is 0 Å². The second kappa shape index (κ2) is 5.76. The molecular weight excluding hydrogens is 356 g/mol. The minimum absolute atomic E-state index is 0.129. The minimum Gasteiger partial charge on any atom is -0.465 e. The molecular formula is C19H26O8. The van der Waals surface area contributed by atoms with Gasteiger partial charge in [0.05, 0.1) is 24.2 Å². The molecule has 0 aromatic heterocycles. The van der Waals surface area contributed by atoms with Gasteiger partial charge in [0.15, 0.2) is 0 Å². The third-order valence-corrected chi connectivity index (χ3v) is 7.16. The number of aliphatic hydroxyl groups excluding tert-OH is 2. The first-order valence-electron chi connectivity index (χ1n) is 9.23. The molecule has 2 heterocycles. The van der Waals surface area contributed by atoms with Crippen LogP contribution < -0.4 is 0 Å². The maximum absolute atomic E-state index is 11.6. The summed E-state index contributed by atoms with van der Waals surface area (Å²) in [6.45, 7) is 6.57. The number of fused-ring (bicyclic) bond motifs is 2. The van der Waals surface area contributed by atoms with Crippen LogP contribution in [0.25, 0.3) is 0 Å². The zero-order valence-corrected chi connectivity index (χ0v) is 15.9. The molecule has 3 fully saturated rings. The molecule has 2 aliphatic heterocycles. The Balaban J connectivity index is 1.85. The number of carbonyl (C=O) groups is 2. The van der Waals surface area contributed by atoms with Gasteiger partial charge in [0.2, 0.25) is 0 Å². The summed E-state index contributed by atoms with van der Waals surface area (Å²) in [4.78, 5) is 23.2. The summed E-state index contributed by atoms with van der Waals surface area (Å²) < 4.78 is 23.1. The average molecular weight is 382 g/mol. The van der Waals surface area contributed by atoms with Gasteiger partial charge in [0.25, 0.3) is 0 Å². The monoisotopic (exact) mass is 382 g/mol. The molecule has 27 heavy (non-hydrogen) atoms. The number of carbonyl (C=O) groups excluding carboxylic acids is 2. The number of aliphatic hydroxyl groups is 2. The van der Waals surface area contributed by atoms with Crippen LogP contribution in [0, 0.1) is 10.8 Å². The first kappa shape index (κ1) is 18.9. The average Bonchev–Trinajstić information content (AvgIpc) is 3.34. The van der Waals surface area contributed by atoms with Crippen molar-refractivity contribution < 1.29 is 38.7 Å². The van der Waals surface area contributed by atoms with E-state index in [9.17, 15) is 19.8 Å². The lowest BCUT2D eigenvalue weighted by molar-refractivity contribution is -0.264. The lowest BCUT2D eigenvalue weighted by atomic mass is 9.50. The lowest BCUT2D eigenvalue weighted by Gasteiger charge is -2.59. The van der Waals surface area contributed by atoms with Gasteiger partial charge in [0.1, 0.15) is 30.5 Å². The standard InChI is InChI=1S/C19H26O8/c1-9-5-13-18(7-24-10(2)20,15(23)14(9)22)17(4)6-12(26-11(3)21)16(27-13)19(17)8-25-19/h5,12-16,22-23H,6-8H2,1-4H3/t12-,13+,14-,15-,16-,17-,18-,19+/m1/s1. The Morgan fingerprint density at radius 2 is 1.96 bits per heavy atom. The van der Waals surface area contributed by atoms with Crippen molar-refractivity contribution >= 4 is 11.9 Å². The van der Waals surface area contributed by atoms with Gasteiger partial charge >= 0.3 is 11.9 Å². The molecule has 2 aliphatic carbocycles. The van der Waals surface area contributed by atoms with E-state index in [1.54, 1.807) is 13.0 Å². The molecule has 0 radical (unpaired) electrons. The first-order chi connectivity index (χ1) is 12.6. The van der Waals surface area contributed by atoms with Crippen LogP contribution in [-0.4, -0.2) is 71.5 Å². The second-order valence-corrected chi connectivity index (χ2v) is 8.46. The Morgan fingerprint density at radius 1 is 1.30 bits per heavy atom. The summed E-state index contributed by atoms with van der Waals surface area (Å²) in [5, 5.41) is 21.8. The molecule has 1 spiro atoms. The predicted molar refractivity (Wildman–Crippen MR) is 90.5 cm³/mol. The van der Waals surface area contributed by atoms with Gasteiger partial charge in [0, 0.05) is 19.3 Å². The summed E-state index contributed by atoms with van der Waals surface area (Å²) in [6, 6.07) is 0. The van der Waals surface area contributed by atoms with Crippen molar-refractivity contribution in [2.45, 2.75) is 70.2 Å². The molecule has 0 amide bonds. The molecule has 0 aromatic carbocycles. The zero-order valence-electron chi connectivity index (χ0n) is 15.9. The van der Waals surface area contributed by atoms with E-state index in [0.29, 0.717) is 18.6 Å². The lowest BCUT2D eigenvalue weighted by Crippen LogP contribution is -2.71. The van der Waals surface area contributed by atoms with E-state index < -0.39 is 58.9 Å². The molecule has 8 atom stereocenters. The molecule has 4 rings (SSSR count). The molecule has 8 heteroatoms. The first-order valence-corrected chi connectivity index (χ1v) is 9.23. The van der Waals surface area contributed by atoms with Crippen LogP contribution in [0.1, 0.15) is 34.1 Å². The van der Waals surface area contributed by atoms with E-state index in [4.69, 9.17) is 18.9 Å². The number of epoxide rings is 1. The van der Waals surface area contributed by atoms with E-state index in [1.807, 2.05) is 6.92 Å². The number of hydrogen-bond acceptors (Lipinski definition) is 8. The number of ether oxygens (including phenoxy) is 4. The van der Waals surface area contributed by atoms with E-state index in [0.717, 1.165) is 0 Å². The van der Waals surface area contributed by atoms with Crippen LogP contribution in [0.3, 0.4) is 0 Å². The summed E-state index contributed by atoms with van der Waals surface area (Å²) >= 11 is 0. The molecule has 8 nitrogen and oxygen atoms in total. The van der Waals surface area contributed by atoms with Gasteiger partial charge in [-0.05, 0) is 18.9 Å². The Kier molecular flexibility index (Phi) is 4.03. The van der Waals surface area contributed by atoms with Gasteiger partial charge in [-0.3, -0.25) is 9.59 Å². The summed E-state index contributed by atoms with van der Waals surface area (Å²) in [5.74, 6) is -0.901. The highest BCUT2D eigenvalue weighted by molar-refractivity contribution is 5.66. The van der Waals surface area contributed by atoms with Crippen LogP contribution in [0.5, 0.6) is 0 Å². The molecule has 1 saturated carbocycles. The number of rotatable bonds is 3. The minimum atomic E-state index is -1.23. The van der Waals surface area contributed by atoms with Crippen molar-refractivity contribution in [3.8, 4) is 0 Å². The van der Waals surface area contributed by atoms with Crippen LogP contribution in [0.2, 0.25) is 0 Å². The molecule has 2 bridgehead atoms. The van der Waals surface area contributed by atoms with E-state index in [2.05, 4.69) is 0 Å². The Bertz CT molecular complexity index is 712. The van der Waals surface area contributed by atoms with Gasteiger partial charge in [-0.25, -0.2) is 0 Å².